The molecule has 0 unspecified atom stereocenters. The number of rotatable bonds is 7. The molecule has 5 rings (SSSR count). The molecule has 0 N–H and O–H groups in total. The number of hydrogen-bond acceptors (Lipinski definition) is 9. The minimum Gasteiger partial charge on any atom is -0.495 e. The van der Waals surface area contributed by atoms with E-state index in [0.717, 1.165) is 48.9 Å². The molecule has 0 amide bonds. The summed E-state index contributed by atoms with van der Waals surface area (Å²) in [6, 6.07) is 11.9. The highest BCUT2D eigenvalue weighted by Gasteiger charge is 2.31. The molecule has 37 heavy (non-hydrogen) atoms. The second kappa shape index (κ2) is 10.5. The molecule has 0 radical (unpaired) electrons. The van der Waals surface area contributed by atoms with E-state index in [0.29, 0.717) is 41.6 Å². The standard InChI is InChI=1S/C28H32N4O5/c1-34-24-8-6-5-7-22(24)31-9-11-32(12-10-31)28-29-17-20-21(30-28)13-18(14-23(20)33)19-15-25(35-2)27(37-4)26(16-19)36-3/h5-8,15-18H,9-14H2,1-4H3/t18-/m0/s1. The summed E-state index contributed by atoms with van der Waals surface area (Å²) in [6.07, 6.45) is 2.71. The minimum atomic E-state index is -0.0427. The molecular weight excluding hydrogens is 472 g/mol. The van der Waals surface area contributed by atoms with Gasteiger partial charge in [-0.05, 0) is 42.2 Å². The molecule has 1 aromatic heterocycles. The maximum absolute atomic E-state index is 13.0. The molecule has 1 aliphatic heterocycles. The van der Waals surface area contributed by atoms with Gasteiger partial charge in [-0.1, -0.05) is 12.1 Å². The van der Waals surface area contributed by atoms with Gasteiger partial charge >= 0.3 is 0 Å². The number of ketones is 1. The molecule has 9 heteroatoms. The first-order valence-corrected chi connectivity index (χ1v) is 12.4. The van der Waals surface area contributed by atoms with Crippen molar-refractivity contribution in [2.75, 3.05) is 64.4 Å². The topological polar surface area (TPSA) is 86.2 Å². The van der Waals surface area contributed by atoms with E-state index in [1.165, 1.54) is 0 Å². The summed E-state index contributed by atoms with van der Waals surface area (Å²) < 4.78 is 22.0. The molecule has 1 atom stereocenters. The zero-order valence-corrected chi connectivity index (χ0v) is 21.7. The maximum Gasteiger partial charge on any atom is 0.225 e. The van der Waals surface area contributed by atoms with Crippen molar-refractivity contribution in [3.8, 4) is 23.0 Å². The summed E-state index contributed by atoms with van der Waals surface area (Å²) in [7, 11) is 6.46. The molecule has 2 aliphatic rings. The number of benzene rings is 2. The fraction of sp³-hybridized carbons (Fsp3) is 0.393. The second-order valence-corrected chi connectivity index (χ2v) is 9.16. The Morgan fingerprint density at radius 2 is 1.46 bits per heavy atom. The van der Waals surface area contributed by atoms with Gasteiger partial charge in [0.25, 0.3) is 0 Å². The highest BCUT2D eigenvalue weighted by atomic mass is 16.5. The lowest BCUT2D eigenvalue weighted by Crippen LogP contribution is -2.47. The Bertz CT molecular complexity index is 1260. The van der Waals surface area contributed by atoms with Gasteiger partial charge in [0, 0.05) is 38.8 Å². The van der Waals surface area contributed by atoms with Gasteiger partial charge in [-0.15, -0.1) is 0 Å². The highest BCUT2D eigenvalue weighted by molar-refractivity contribution is 5.98. The zero-order chi connectivity index (χ0) is 25.9. The van der Waals surface area contributed by atoms with Crippen molar-refractivity contribution in [2.45, 2.75) is 18.8 Å². The van der Waals surface area contributed by atoms with Gasteiger partial charge in [-0.3, -0.25) is 4.79 Å². The fourth-order valence-corrected chi connectivity index (χ4v) is 5.20. The normalized spacial score (nSPS) is 17.3. The van der Waals surface area contributed by atoms with Crippen LogP contribution in [0.2, 0.25) is 0 Å². The van der Waals surface area contributed by atoms with Gasteiger partial charge < -0.3 is 28.7 Å². The van der Waals surface area contributed by atoms with Crippen LogP contribution in [-0.4, -0.2) is 70.4 Å². The molecule has 2 heterocycles. The van der Waals surface area contributed by atoms with E-state index in [9.17, 15) is 4.79 Å². The lowest BCUT2D eigenvalue weighted by molar-refractivity contribution is 0.0962. The lowest BCUT2D eigenvalue weighted by Gasteiger charge is -2.37. The number of carbonyl (C=O) groups is 1. The molecule has 0 bridgehead atoms. The maximum atomic E-state index is 13.0. The third-order valence-corrected chi connectivity index (χ3v) is 7.17. The van der Waals surface area contributed by atoms with Crippen molar-refractivity contribution in [2.24, 2.45) is 0 Å². The van der Waals surface area contributed by atoms with Gasteiger partial charge in [0.2, 0.25) is 11.7 Å². The van der Waals surface area contributed by atoms with Gasteiger partial charge in [0.05, 0.1) is 45.4 Å². The molecule has 3 aromatic rings. The van der Waals surface area contributed by atoms with Crippen LogP contribution >= 0.6 is 0 Å². The van der Waals surface area contributed by atoms with E-state index in [4.69, 9.17) is 23.9 Å². The third-order valence-electron chi connectivity index (χ3n) is 7.17. The summed E-state index contributed by atoms with van der Waals surface area (Å²) in [5.74, 6) is 3.23. The monoisotopic (exact) mass is 504 g/mol. The van der Waals surface area contributed by atoms with Crippen LogP contribution in [0.5, 0.6) is 23.0 Å². The quantitative estimate of drug-likeness (QED) is 0.477. The van der Waals surface area contributed by atoms with Crippen molar-refractivity contribution in [1.29, 1.82) is 0 Å². The minimum absolute atomic E-state index is 0.0427. The molecule has 2 aromatic carbocycles. The molecule has 1 fully saturated rings. The molecule has 1 aliphatic carbocycles. The Balaban J connectivity index is 1.35. The predicted molar refractivity (Wildman–Crippen MR) is 141 cm³/mol. The molecule has 0 spiro atoms. The first kappa shape index (κ1) is 24.7. The van der Waals surface area contributed by atoms with Crippen LogP contribution in [0.15, 0.2) is 42.6 Å². The number of Topliss-reactive ketones (excluding diaryl/α,β-unsaturated/α-hetero) is 1. The summed E-state index contributed by atoms with van der Waals surface area (Å²) in [5, 5.41) is 0. The number of hydrogen-bond donors (Lipinski definition) is 0. The number of fused-ring (bicyclic) bond motifs is 1. The van der Waals surface area contributed by atoms with Crippen molar-refractivity contribution < 1.29 is 23.7 Å². The van der Waals surface area contributed by atoms with Gasteiger partial charge in [0.1, 0.15) is 5.75 Å². The number of anilines is 2. The Labute approximate surface area is 216 Å². The third kappa shape index (κ3) is 4.73. The average Bonchev–Trinajstić information content (AvgIpc) is 2.96. The SMILES string of the molecule is COc1ccccc1N1CCN(c2ncc3c(n2)C[C@H](c2cc(OC)c(OC)c(OC)c2)CC3=O)CC1. The van der Waals surface area contributed by atoms with E-state index in [2.05, 4.69) is 20.9 Å². The lowest BCUT2D eigenvalue weighted by atomic mass is 9.82. The van der Waals surface area contributed by atoms with Crippen LogP contribution in [-0.2, 0) is 6.42 Å². The number of methoxy groups -OCH3 is 4. The van der Waals surface area contributed by atoms with Crippen molar-refractivity contribution in [1.82, 2.24) is 9.97 Å². The summed E-state index contributed by atoms with van der Waals surface area (Å²) in [4.78, 5) is 27.0. The number of piperazine rings is 1. The Hall–Kier alpha value is -4.01. The van der Waals surface area contributed by atoms with Crippen molar-refractivity contribution in [3.05, 3.63) is 59.4 Å². The number of nitrogens with zero attached hydrogens (tertiary/aromatic N) is 4. The Kier molecular flexibility index (Phi) is 7.03. The first-order valence-electron chi connectivity index (χ1n) is 12.4. The second-order valence-electron chi connectivity index (χ2n) is 9.16. The fourth-order valence-electron chi connectivity index (χ4n) is 5.20. The van der Waals surface area contributed by atoms with Crippen LogP contribution in [0.25, 0.3) is 0 Å². The molecule has 194 valence electrons. The van der Waals surface area contributed by atoms with Crippen molar-refractivity contribution in [3.63, 3.8) is 0 Å². The van der Waals surface area contributed by atoms with Crippen LogP contribution in [0, 0.1) is 0 Å². The van der Waals surface area contributed by atoms with E-state index in [1.807, 2.05) is 30.3 Å². The highest BCUT2D eigenvalue weighted by Crippen LogP contribution is 2.42. The first-order chi connectivity index (χ1) is 18.1. The van der Waals surface area contributed by atoms with E-state index in [1.54, 1.807) is 34.6 Å². The van der Waals surface area contributed by atoms with Gasteiger partial charge in [0.15, 0.2) is 17.3 Å². The van der Waals surface area contributed by atoms with E-state index >= 15 is 0 Å². The van der Waals surface area contributed by atoms with E-state index in [-0.39, 0.29) is 11.7 Å². The van der Waals surface area contributed by atoms with Crippen LogP contribution in [0.4, 0.5) is 11.6 Å². The number of aromatic nitrogens is 2. The number of ether oxygens (including phenoxy) is 4. The molecular formula is C28H32N4O5. The van der Waals surface area contributed by atoms with Gasteiger partial charge in [-0.2, -0.15) is 0 Å². The van der Waals surface area contributed by atoms with Crippen LogP contribution in [0.3, 0.4) is 0 Å². The zero-order valence-electron chi connectivity index (χ0n) is 21.7. The van der Waals surface area contributed by atoms with E-state index < -0.39 is 0 Å². The Morgan fingerprint density at radius 1 is 0.811 bits per heavy atom. The smallest absolute Gasteiger partial charge is 0.225 e. The number of carbonyl (C=O) groups excluding carboxylic acids is 1. The van der Waals surface area contributed by atoms with Crippen molar-refractivity contribution >= 4 is 17.4 Å². The number of para-hydroxylation sites is 2. The Morgan fingerprint density at radius 3 is 2.11 bits per heavy atom. The summed E-state index contributed by atoms with van der Waals surface area (Å²) >= 11 is 0. The molecule has 1 saturated heterocycles. The summed E-state index contributed by atoms with van der Waals surface area (Å²) in [6.45, 7) is 3.21. The van der Waals surface area contributed by atoms with Crippen LogP contribution in [0.1, 0.15) is 34.0 Å². The average molecular weight is 505 g/mol. The predicted octanol–water partition coefficient (Wildman–Crippen LogP) is 3.75. The summed E-state index contributed by atoms with van der Waals surface area (Å²) in [5.41, 5.74) is 3.45. The molecule has 0 saturated carbocycles. The van der Waals surface area contributed by atoms with Gasteiger partial charge in [-0.25, -0.2) is 9.97 Å². The largest absolute Gasteiger partial charge is 0.495 e. The molecule has 9 nitrogen and oxygen atoms in total. The van der Waals surface area contributed by atoms with Crippen LogP contribution < -0.4 is 28.7 Å².